The van der Waals surface area contributed by atoms with Crippen molar-refractivity contribution in [3.63, 3.8) is 0 Å². The van der Waals surface area contributed by atoms with Crippen LogP contribution >= 0.6 is 0 Å². The molecule has 27 heavy (non-hydrogen) atoms. The Hall–Kier alpha value is -3.66. The topological polar surface area (TPSA) is 108 Å². The molecule has 2 aromatic carbocycles. The van der Waals surface area contributed by atoms with Crippen molar-refractivity contribution in [3.8, 4) is 6.07 Å². The predicted molar refractivity (Wildman–Crippen MR) is 98.9 cm³/mol. The Labute approximate surface area is 156 Å². The largest absolute Gasteiger partial charge is 0.467 e. The third kappa shape index (κ3) is 5.41. The molecule has 0 aliphatic rings. The summed E-state index contributed by atoms with van der Waals surface area (Å²) >= 11 is 0. The quantitative estimate of drug-likeness (QED) is 0.762. The second kappa shape index (κ2) is 9.15. The van der Waals surface area contributed by atoms with E-state index in [4.69, 9.17) is 10.00 Å². The first kappa shape index (κ1) is 19.7. The Balaban J connectivity index is 2.20. The average Bonchev–Trinajstić information content (AvgIpc) is 2.67. The number of anilines is 1. The van der Waals surface area contributed by atoms with Crippen molar-refractivity contribution < 1.29 is 19.1 Å². The summed E-state index contributed by atoms with van der Waals surface area (Å²) in [5.74, 6) is -1.41. The maximum atomic E-state index is 12.7. The molecule has 0 saturated carbocycles. The fraction of sp³-hybridized carbons (Fsp3) is 0.200. The summed E-state index contributed by atoms with van der Waals surface area (Å²) in [4.78, 5) is 36.1. The number of nitrogens with one attached hydrogen (secondary N) is 2. The maximum Gasteiger partial charge on any atom is 0.328 e. The molecule has 2 rings (SSSR count). The van der Waals surface area contributed by atoms with Crippen molar-refractivity contribution in [2.75, 3.05) is 12.4 Å². The molecule has 0 aliphatic carbocycles. The van der Waals surface area contributed by atoms with E-state index in [0.29, 0.717) is 11.3 Å². The van der Waals surface area contributed by atoms with Gasteiger partial charge < -0.3 is 15.4 Å². The molecule has 0 bridgehead atoms. The molecule has 2 N–H and O–H groups in total. The van der Waals surface area contributed by atoms with Crippen LogP contribution in [-0.4, -0.2) is 30.9 Å². The van der Waals surface area contributed by atoms with Gasteiger partial charge in [-0.2, -0.15) is 5.26 Å². The van der Waals surface area contributed by atoms with Crippen molar-refractivity contribution in [1.82, 2.24) is 5.32 Å². The first-order valence-corrected chi connectivity index (χ1v) is 8.19. The number of hydrogen-bond donors (Lipinski definition) is 2. The van der Waals surface area contributed by atoms with Crippen LogP contribution in [0.2, 0.25) is 0 Å². The van der Waals surface area contributed by atoms with Crippen LogP contribution in [0.3, 0.4) is 0 Å². The molecular formula is C20H19N3O4. The van der Waals surface area contributed by atoms with Gasteiger partial charge in [0, 0.05) is 13.3 Å². The lowest BCUT2D eigenvalue weighted by atomic mass is 10.0. The Kier molecular flexibility index (Phi) is 6.67. The number of carbonyl (C=O) groups is 3. The summed E-state index contributed by atoms with van der Waals surface area (Å²) in [5.41, 5.74) is 1.85. The van der Waals surface area contributed by atoms with Crippen molar-refractivity contribution in [3.05, 3.63) is 65.2 Å². The van der Waals surface area contributed by atoms with Crippen LogP contribution in [-0.2, 0) is 20.7 Å². The van der Waals surface area contributed by atoms with Crippen molar-refractivity contribution >= 4 is 23.5 Å². The summed E-state index contributed by atoms with van der Waals surface area (Å²) < 4.78 is 4.79. The Morgan fingerprint density at radius 1 is 1.11 bits per heavy atom. The highest BCUT2D eigenvalue weighted by Crippen LogP contribution is 2.16. The van der Waals surface area contributed by atoms with Crippen LogP contribution in [0.4, 0.5) is 5.69 Å². The standard InChI is InChI=1S/C20H19N3O4/c1-13(24)22-17-6-4-3-5-16(17)19(25)23-18(20(26)27-2)11-14-7-9-15(12-21)10-8-14/h3-10,18H,11H2,1-2H3,(H,22,24)(H,23,25)/t18-/m1/s1. The zero-order chi connectivity index (χ0) is 19.8. The molecule has 0 spiro atoms. The summed E-state index contributed by atoms with van der Waals surface area (Å²) in [7, 11) is 1.24. The van der Waals surface area contributed by atoms with E-state index in [1.54, 1.807) is 48.5 Å². The molecule has 0 aromatic heterocycles. The third-order valence-electron chi connectivity index (χ3n) is 3.80. The Morgan fingerprint density at radius 3 is 2.37 bits per heavy atom. The van der Waals surface area contributed by atoms with Crippen molar-refractivity contribution in [2.24, 2.45) is 0 Å². The van der Waals surface area contributed by atoms with E-state index in [1.165, 1.54) is 14.0 Å². The van der Waals surface area contributed by atoms with E-state index in [0.717, 1.165) is 5.56 Å². The lowest BCUT2D eigenvalue weighted by Crippen LogP contribution is -2.43. The first-order chi connectivity index (χ1) is 12.9. The highest BCUT2D eigenvalue weighted by atomic mass is 16.5. The van der Waals surface area contributed by atoms with Gasteiger partial charge in [0.1, 0.15) is 6.04 Å². The summed E-state index contributed by atoms with van der Waals surface area (Å²) in [6.45, 7) is 1.34. The van der Waals surface area contributed by atoms with Gasteiger partial charge in [-0.3, -0.25) is 9.59 Å². The number of benzene rings is 2. The van der Waals surface area contributed by atoms with Crippen molar-refractivity contribution in [1.29, 1.82) is 5.26 Å². The average molecular weight is 365 g/mol. The third-order valence-corrected chi connectivity index (χ3v) is 3.80. The molecule has 0 aliphatic heterocycles. The number of nitrogens with zero attached hydrogens (tertiary/aromatic N) is 1. The number of nitriles is 1. The second-order valence-electron chi connectivity index (χ2n) is 5.79. The maximum absolute atomic E-state index is 12.7. The van der Waals surface area contributed by atoms with Crippen LogP contribution < -0.4 is 10.6 Å². The lowest BCUT2D eigenvalue weighted by molar-refractivity contribution is -0.142. The van der Waals surface area contributed by atoms with E-state index < -0.39 is 17.9 Å². The Morgan fingerprint density at radius 2 is 1.78 bits per heavy atom. The van der Waals surface area contributed by atoms with E-state index in [1.807, 2.05) is 6.07 Å². The molecular weight excluding hydrogens is 346 g/mol. The highest BCUT2D eigenvalue weighted by molar-refractivity contribution is 6.04. The van der Waals surface area contributed by atoms with Gasteiger partial charge >= 0.3 is 5.97 Å². The van der Waals surface area contributed by atoms with Gasteiger partial charge in [-0.1, -0.05) is 24.3 Å². The fourth-order valence-electron chi connectivity index (χ4n) is 2.50. The van der Waals surface area contributed by atoms with Crippen LogP contribution in [0.25, 0.3) is 0 Å². The van der Waals surface area contributed by atoms with Gasteiger partial charge in [-0.25, -0.2) is 4.79 Å². The molecule has 0 radical (unpaired) electrons. The first-order valence-electron chi connectivity index (χ1n) is 8.19. The summed E-state index contributed by atoms with van der Waals surface area (Å²) in [6, 6.07) is 14.3. The number of hydrogen-bond acceptors (Lipinski definition) is 5. The highest BCUT2D eigenvalue weighted by Gasteiger charge is 2.24. The minimum atomic E-state index is -0.916. The number of ether oxygens (including phenoxy) is 1. The SMILES string of the molecule is COC(=O)[C@@H](Cc1ccc(C#N)cc1)NC(=O)c1ccccc1NC(C)=O. The monoisotopic (exact) mass is 365 g/mol. The van der Waals surface area contributed by atoms with Crippen LogP contribution in [0.15, 0.2) is 48.5 Å². The zero-order valence-corrected chi connectivity index (χ0v) is 15.0. The van der Waals surface area contributed by atoms with Crippen LogP contribution in [0, 0.1) is 11.3 Å². The van der Waals surface area contributed by atoms with Gasteiger partial charge in [-0.15, -0.1) is 0 Å². The zero-order valence-electron chi connectivity index (χ0n) is 15.0. The molecule has 0 saturated heterocycles. The van der Waals surface area contributed by atoms with E-state index in [2.05, 4.69) is 10.6 Å². The molecule has 2 aromatic rings. The molecule has 138 valence electrons. The number of para-hydroxylation sites is 1. The smallest absolute Gasteiger partial charge is 0.328 e. The molecule has 1 atom stereocenters. The van der Waals surface area contributed by atoms with Gasteiger partial charge in [0.15, 0.2) is 0 Å². The molecule has 0 heterocycles. The number of methoxy groups -OCH3 is 1. The van der Waals surface area contributed by atoms with Gasteiger partial charge in [-0.05, 0) is 29.8 Å². The summed E-state index contributed by atoms with van der Waals surface area (Å²) in [6.07, 6.45) is 0.201. The Bertz CT molecular complexity index is 885. The molecule has 0 fully saturated rings. The number of rotatable bonds is 6. The normalized spacial score (nSPS) is 11.0. The fourth-order valence-corrected chi connectivity index (χ4v) is 2.50. The van der Waals surface area contributed by atoms with E-state index in [-0.39, 0.29) is 17.9 Å². The van der Waals surface area contributed by atoms with E-state index in [9.17, 15) is 14.4 Å². The molecule has 2 amide bonds. The summed E-state index contributed by atoms with van der Waals surface area (Å²) in [5, 5.41) is 14.1. The van der Waals surface area contributed by atoms with Gasteiger partial charge in [0.05, 0.1) is 30.0 Å². The van der Waals surface area contributed by atoms with Crippen molar-refractivity contribution in [2.45, 2.75) is 19.4 Å². The number of amides is 2. The minimum Gasteiger partial charge on any atom is -0.467 e. The number of carbonyl (C=O) groups excluding carboxylic acids is 3. The molecule has 7 heteroatoms. The lowest BCUT2D eigenvalue weighted by Gasteiger charge is -2.18. The second-order valence-corrected chi connectivity index (χ2v) is 5.79. The molecule has 0 unspecified atom stereocenters. The molecule has 7 nitrogen and oxygen atoms in total. The van der Waals surface area contributed by atoms with Gasteiger partial charge in [0.2, 0.25) is 5.91 Å². The van der Waals surface area contributed by atoms with Gasteiger partial charge in [0.25, 0.3) is 5.91 Å². The predicted octanol–water partition coefficient (Wildman–Crippen LogP) is 2.03. The van der Waals surface area contributed by atoms with Crippen LogP contribution in [0.5, 0.6) is 0 Å². The number of esters is 1. The van der Waals surface area contributed by atoms with E-state index >= 15 is 0 Å². The minimum absolute atomic E-state index is 0.201. The van der Waals surface area contributed by atoms with Crippen LogP contribution in [0.1, 0.15) is 28.4 Å².